The molecule has 6 heteroatoms. The average Bonchev–Trinajstić information content (AvgIpc) is 2.89. The summed E-state index contributed by atoms with van der Waals surface area (Å²) < 4.78 is 39.2. The standard InChI is InChI=1S/C14H13BrF3NS/c1-2-19-13(9-5-6-20-8-9)11-7-10(14(16,17)18)3-4-12(11)15/h3-8,13,19H,2H2,1H3. The maximum atomic E-state index is 12.9. The molecule has 2 rings (SSSR count). The normalized spacial score (nSPS) is 13.4. The Bertz CT molecular complexity index is 566. The van der Waals surface area contributed by atoms with Crippen LogP contribution in [0.25, 0.3) is 0 Å². The molecule has 1 N–H and O–H groups in total. The molecule has 108 valence electrons. The summed E-state index contributed by atoms with van der Waals surface area (Å²) in [6.45, 7) is 2.60. The van der Waals surface area contributed by atoms with Crippen molar-refractivity contribution < 1.29 is 13.2 Å². The van der Waals surface area contributed by atoms with Crippen molar-refractivity contribution in [1.29, 1.82) is 0 Å². The Morgan fingerprint density at radius 1 is 1.30 bits per heavy atom. The Kier molecular flexibility index (Phi) is 4.88. The predicted octanol–water partition coefficient (Wildman–Crippen LogP) is 5.23. The van der Waals surface area contributed by atoms with Gasteiger partial charge in [-0.05, 0) is 52.7 Å². The molecule has 0 saturated heterocycles. The van der Waals surface area contributed by atoms with Gasteiger partial charge in [-0.1, -0.05) is 22.9 Å². The van der Waals surface area contributed by atoms with Crippen LogP contribution in [0, 0.1) is 0 Å². The van der Waals surface area contributed by atoms with E-state index in [1.54, 1.807) is 0 Å². The van der Waals surface area contributed by atoms with Crippen molar-refractivity contribution in [3.05, 3.63) is 56.2 Å². The number of benzene rings is 1. The number of hydrogen-bond acceptors (Lipinski definition) is 2. The first-order valence-electron chi connectivity index (χ1n) is 6.05. The molecule has 0 fully saturated rings. The summed E-state index contributed by atoms with van der Waals surface area (Å²) >= 11 is 4.88. The van der Waals surface area contributed by atoms with Crippen LogP contribution in [-0.2, 0) is 6.18 Å². The van der Waals surface area contributed by atoms with Crippen LogP contribution in [0.4, 0.5) is 13.2 Å². The molecule has 0 bridgehead atoms. The molecule has 0 radical (unpaired) electrons. The molecule has 20 heavy (non-hydrogen) atoms. The molecule has 0 aliphatic heterocycles. The maximum absolute atomic E-state index is 12.9. The number of nitrogens with one attached hydrogen (secondary N) is 1. The van der Waals surface area contributed by atoms with Crippen molar-refractivity contribution in [2.45, 2.75) is 19.1 Å². The summed E-state index contributed by atoms with van der Waals surface area (Å²) in [6, 6.07) is 5.42. The topological polar surface area (TPSA) is 12.0 Å². The fourth-order valence-corrected chi connectivity index (χ4v) is 3.15. The highest BCUT2D eigenvalue weighted by atomic mass is 79.9. The lowest BCUT2D eigenvalue weighted by Crippen LogP contribution is -2.22. The fourth-order valence-electron chi connectivity index (χ4n) is 1.99. The zero-order valence-corrected chi connectivity index (χ0v) is 13.1. The number of hydrogen-bond donors (Lipinski definition) is 1. The van der Waals surface area contributed by atoms with Gasteiger partial charge in [0.1, 0.15) is 0 Å². The Morgan fingerprint density at radius 2 is 2.05 bits per heavy atom. The van der Waals surface area contributed by atoms with E-state index >= 15 is 0 Å². The van der Waals surface area contributed by atoms with E-state index in [1.807, 2.05) is 23.8 Å². The summed E-state index contributed by atoms with van der Waals surface area (Å²) in [6.07, 6.45) is -4.33. The maximum Gasteiger partial charge on any atom is 0.416 e. The van der Waals surface area contributed by atoms with Crippen LogP contribution in [0.15, 0.2) is 39.5 Å². The van der Waals surface area contributed by atoms with Gasteiger partial charge in [-0.2, -0.15) is 24.5 Å². The van der Waals surface area contributed by atoms with Crippen molar-refractivity contribution in [3.63, 3.8) is 0 Å². The van der Waals surface area contributed by atoms with Gasteiger partial charge in [0.25, 0.3) is 0 Å². The van der Waals surface area contributed by atoms with Gasteiger partial charge in [-0.15, -0.1) is 0 Å². The number of alkyl halides is 3. The zero-order valence-electron chi connectivity index (χ0n) is 10.7. The van der Waals surface area contributed by atoms with Crippen LogP contribution in [0.2, 0.25) is 0 Å². The van der Waals surface area contributed by atoms with Crippen LogP contribution >= 0.6 is 27.3 Å². The van der Waals surface area contributed by atoms with E-state index in [4.69, 9.17) is 0 Å². The first-order chi connectivity index (χ1) is 9.43. The molecule has 0 spiro atoms. The van der Waals surface area contributed by atoms with Gasteiger partial charge in [0.05, 0.1) is 11.6 Å². The third kappa shape index (κ3) is 3.42. The molecular formula is C14H13BrF3NS. The van der Waals surface area contributed by atoms with Crippen LogP contribution in [0.3, 0.4) is 0 Å². The van der Waals surface area contributed by atoms with Gasteiger partial charge in [0.2, 0.25) is 0 Å². The largest absolute Gasteiger partial charge is 0.416 e. The highest BCUT2D eigenvalue weighted by Gasteiger charge is 2.31. The summed E-state index contributed by atoms with van der Waals surface area (Å²) in [5.41, 5.74) is 0.936. The minimum absolute atomic E-state index is 0.247. The van der Waals surface area contributed by atoms with Crippen molar-refractivity contribution in [1.82, 2.24) is 5.32 Å². The number of thiophene rings is 1. The lowest BCUT2D eigenvalue weighted by Gasteiger charge is -2.20. The lowest BCUT2D eigenvalue weighted by atomic mass is 9.99. The molecule has 0 amide bonds. The summed E-state index contributed by atoms with van der Waals surface area (Å²) in [4.78, 5) is 0. The van der Waals surface area contributed by atoms with E-state index in [0.29, 0.717) is 16.6 Å². The highest BCUT2D eigenvalue weighted by Crippen LogP contribution is 2.36. The van der Waals surface area contributed by atoms with Crippen molar-refractivity contribution in [2.24, 2.45) is 0 Å². The van der Waals surface area contributed by atoms with E-state index < -0.39 is 11.7 Å². The Morgan fingerprint density at radius 3 is 2.60 bits per heavy atom. The minimum atomic E-state index is -4.33. The quantitative estimate of drug-likeness (QED) is 0.784. The van der Waals surface area contributed by atoms with Crippen LogP contribution in [0.5, 0.6) is 0 Å². The molecule has 0 saturated carbocycles. The summed E-state index contributed by atoms with van der Waals surface area (Å²) in [5.74, 6) is 0. The minimum Gasteiger partial charge on any atom is -0.306 e. The van der Waals surface area contributed by atoms with Gasteiger partial charge >= 0.3 is 6.18 Å². The third-order valence-electron chi connectivity index (χ3n) is 2.92. The van der Waals surface area contributed by atoms with E-state index in [9.17, 15) is 13.2 Å². The smallest absolute Gasteiger partial charge is 0.306 e. The molecule has 1 nitrogen and oxygen atoms in total. The van der Waals surface area contributed by atoms with E-state index in [2.05, 4.69) is 21.2 Å². The third-order valence-corrected chi connectivity index (χ3v) is 4.34. The first-order valence-corrected chi connectivity index (χ1v) is 7.79. The van der Waals surface area contributed by atoms with Crippen molar-refractivity contribution in [3.8, 4) is 0 Å². The number of halogens is 4. The molecule has 1 heterocycles. The Hall–Kier alpha value is -0.850. The second kappa shape index (κ2) is 6.28. The second-order valence-electron chi connectivity index (χ2n) is 4.28. The van der Waals surface area contributed by atoms with Gasteiger partial charge in [0.15, 0.2) is 0 Å². The molecule has 1 aromatic carbocycles. The van der Waals surface area contributed by atoms with Crippen LogP contribution in [0.1, 0.15) is 29.7 Å². The molecule has 1 atom stereocenters. The SMILES string of the molecule is CCNC(c1ccsc1)c1cc(C(F)(F)F)ccc1Br. The molecule has 1 unspecified atom stereocenters. The van der Waals surface area contributed by atoms with E-state index in [-0.39, 0.29) is 6.04 Å². The van der Waals surface area contributed by atoms with Gasteiger partial charge in [-0.25, -0.2) is 0 Å². The Labute approximate surface area is 128 Å². The van der Waals surface area contributed by atoms with Crippen LogP contribution in [-0.4, -0.2) is 6.54 Å². The molecule has 0 aliphatic rings. The second-order valence-corrected chi connectivity index (χ2v) is 5.92. The molecule has 0 aliphatic carbocycles. The van der Waals surface area contributed by atoms with Crippen molar-refractivity contribution in [2.75, 3.05) is 6.54 Å². The fraction of sp³-hybridized carbons (Fsp3) is 0.286. The van der Waals surface area contributed by atoms with E-state index in [1.165, 1.54) is 23.5 Å². The molecular weight excluding hydrogens is 351 g/mol. The highest BCUT2D eigenvalue weighted by molar-refractivity contribution is 9.10. The monoisotopic (exact) mass is 363 g/mol. The molecule has 1 aromatic heterocycles. The predicted molar refractivity (Wildman–Crippen MR) is 79.0 cm³/mol. The summed E-state index contributed by atoms with van der Waals surface area (Å²) in [5, 5.41) is 7.09. The molecule has 2 aromatic rings. The number of rotatable bonds is 4. The zero-order chi connectivity index (χ0) is 14.8. The van der Waals surface area contributed by atoms with Crippen LogP contribution < -0.4 is 5.32 Å². The summed E-state index contributed by atoms with van der Waals surface area (Å²) in [7, 11) is 0. The first kappa shape index (κ1) is 15.5. The lowest BCUT2D eigenvalue weighted by molar-refractivity contribution is -0.137. The van der Waals surface area contributed by atoms with E-state index in [0.717, 1.165) is 11.6 Å². The average molecular weight is 364 g/mol. The Balaban J connectivity index is 2.48. The van der Waals surface area contributed by atoms with Gasteiger partial charge < -0.3 is 5.32 Å². The van der Waals surface area contributed by atoms with Gasteiger partial charge in [-0.3, -0.25) is 0 Å². The van der Waals surface area contributed by atoms with Crippen molar-refractivity contribution >= 4 is 27.3 Å². The van der Waals surface area contributed by atoms with Gasteiger partial charge in [0, 0.05) is 4.47 Å².